The molecule has 0 atom stereocenters. The third-order valence-electron chi connectivity index (χ3n) is 1.55. The smallest absolute Gasteiger partial charge is 0.206 e. The molecule has 2 aromatic rings. The number of nitrogens with zero attached hydrogens (tertiary/aromatic N) is 1. The van der Waals surface area contributed by atoms with E-state index in [1.807, 2.05) is 18.2 Å². The van der Waals surface area contributed by atoms with Gasteiger partial charge in [0, 0.05) is 7.05 Å². The van der Waals surface area contributed by atoms with Crippen LogP contribution < -0.4 is 10.2 Å². The molecular weight excluding hydrogens is 170 g/mol. The number of fused-ring (bicyclic) bond motifs is 1. The van der Waals surface area contributed by atoms with Crippen LogP contribution in [0.25, 0.3) is 10.2 Å². The molecule has 1 aromatic carbocycles. The molecule has 0 radical (unpaired) electrons. The van der Waals surface area contributed by atoms with Crippen molar-refractivity contribution in [3.63, 3.8) is 0 Å². The van der Waals surface area contributed by atoms with Crippen LogP contribution in [-0.2, 0) is 0 Å². The van der Waals surface area contributed by atoms with Crippen molar-refractivity contribution in [3.05, 3.63) is 29.1 Å². The maximum absolute atomic E-state index is 4.06. The summed E-state index contributed by atoms with van der Waals surface area (Å²) in [5.74, 6) is 0. The second kappa shape index (κ2) is 2.98. The summed E-state index contributed by atoms with van der Waals surface area (Å²) in [6.07, 6.45) is 0. The lowest BCUT2D eigenvalue weighted by atomic mass is 10.3. The molecule has 62 valence electrons. The zero-order valence-corrected chi connectivity index (χ0v) is 7.48. The Balaban J connectivity index is 2.70. The molecule has 1 heterocycles. The average Bonchev–Trinajstić information content (AvgIpc) is 2.47. The van der Waals surface area contributed by atoms with Crippen LogP contribution in [0.4, 0.5) is 0 Å². The summed E-state index contributed by atoms with van der Waals surface area (Å²) in [6.45, 7) is 0. The van der Waals surface area contributed by atoms with Crippen LogP contribution in [0.1, 0.15) is 0 Å². The van der Waals surface area contributed by atoms with Gasteiger partial charge in [-0.2, -0.15) is 5.10 Å². The van der Waals surface area contributed by atoms with Crippen molar-refractivity contribution in [2.75, 3.05) is 7.05 Å². The maximum atomic E-state index is 4.06. The highest BCUT2D eigenvalue weighted by atomic mass is 32.1. The summed E-state index contributed by atoms with van der Waals surface area (Å²) in [5, 5.41) is 4.06. The number of H-pyrrole nitrogens is 1. The molecule has 4 heteroatoms. The van der Waals surface area contributed by atoms with E-state index < -0.39 is 0 Å². The third kappa shape index (κ3) is 1.21. The molecule has 0 aliphatic heterocycles. The van der Waals surface area contributed by atoms with E-state index in [4.69, 9.17) is 0 Å². The first-order valence-electron chi connectivity index (χ1n) is 3.68. The molecule has 3 nitrogen and oxygen atoms in total. The standard InChI is InChI=1S/C8H9N3S/c1-9-11-8-10-6-4-2-3-5-7(6)12-8/h2-5,9H,1H3,(H,10,11). The van der Waals surface area contributed by atoms with Crippen molar-refractivity contribution in [1.29, 1.82) is 0 Å². The molecule has 0 bridgehead atoms. The number of rotatable bonds is 1. The summed E-state index contributed by atoms with van der Waals surface area (Å²) in [5.41, 5.74) is 3.88. The van der Waals surface area contributed by atoms with Gasteiger partial charge < -0.3 is 10.4 Å². The predicted molar refractivity (Wildman–Crippen MR) is 50.8 cm³/mol. The first kappa shape index (κ1) is 7.36. The molecule has 0 fully saturated rings. The molecule has 0 saturated carbocycles. The monoisotopic (exact) mass is 179 g/mol. The predicted octanol–water partition coefficient (Wildman–Crippen LogP) is 1.26. The second-order valence-electron chi connectivity index (χ2n) is 2.36. The fraction of sp³-hybridized carbons (Fsp3) is 0.125. The first-order valence-corrected chi connectivity index (χ1v) is 4.50. The van der Waals surface area contributed by atoms with Gasteiger partial charge in [-0.25, -0.2) is 0 Å². The maximum Gasteiger partial charge on any atom is 0.206 e. The Morgan fingerprint density at radius 2 is 2.25 bits per heavy atom. The van der Waals surface area contributed by atoms with Crippen LogP contribution >= 0.6 is 11.3 Å². The van der Waals surface area contributed by atoms with E-state index in [0.717, 1.165) is 10.3 Å². The zero-order valence-electron chi connectivity index (χ0n) is 6.66. The average molecular weight is 179 g/mol. The molecule has 0 unspecified atom stereocenters. The van der Waals surface area contributed by atoms with Crippen molar-refractivity contribution >= 4 is 21.6 Å². The molecular formula is C8H9N3S. The lowest BCUT2D eigenvalue weighted by molar-refractivity contribution is 0.853. The summed E-state index contributed by atoms with van der Waals surface area (Å²) >= 11 is 1.64. The fourth-order valence-corrected chi connectivity index (χ4v) is 1.94. The minimum Gasteiger partial charge on any atom is -0.329 e. The Bertz CT molecular complexity index is 404. The van der Waals surface area contributed by atoms with E-state index in [2.05, 4.69) is 21.6 Å². The normalized spacial score (nSPS) is 12.2. The minimum absolute atomic E-state index is 0.902. The van der Waals surface area contributed by atoms with Gasteiger partial charge in [0.05, 0.1) is 10.2 Å². The Kier molecular flexibility index (Phi) is 1.83. The van der Waals surface area contributed by atoms with Gasteiger partial charge in [-0.3, -0.25) is 0 Å². The number of benzene rings is 1. The molecule has 2 rings (SSSR count). The number of thiazole rings is 1. The van der Waals surface area contributed by atoms with E-state index in [-0.39, 0.29) is 0 Å². The van der Waals surface area contributed by atoms with Gasteiger partial charge in [0.2, 0.25) is 4.80 Å². The van der Waals surface area contributed by atoms with Gasteiger partial charge in [-0.1, -0.05) is 23.5 Å². The molecule has 0 spiro atoms. The molecule has 1 aromatic heterocycles. The van der Waals surface area contributed by atoms with Crippen molar-refractivity contribution in [3.8, 4) is 0 Å². The minimum atomic E-state index is 0.902. The Morgan fingerprint density at radius 3 is 3.00 bits per heavy atom. The van der Waals surface area contributed by atoms with Crippen LogP contribution in [0.15, 0.2) is 29.4 Å². The van der Waals surface area contributed by atoms with Gasteiger partial charge in [0.25, 0.3) is 0 Å². The lowest BCUT2D eigenvalue weighted by Crippen LogP contribution is -2.05. The second-order valence-corrected chi connectivity index (χ2v) is 3.39. The highest BCUT2D eigenvalue weighted by molar-refractivity contribution is 7.16. The Morgan fingerprint density at radius 1 is 1.42 bits per heavy atom. The van der Waals surface area contributed by atoms with Gasteiger partial charge in [0.15, 0.2) is 0 Å². The highest BCUT2D eigenvalue weighted by Crippen LogP contribution is 2.11. The van der Waals surface area contributed by atoms with E-state index in [0.29, 0.717) is 0 Å². The van der Waals surface area contributed by atoms with Gasteiger partial charge >= 0.3 is 0 Å². The number of nitrogens with one attached hydrogen (secondary N) is 2. The van der Waals surface area contributed by atoms with Crippen molar-refractivity contribution < 1.29 is 0 Å². The van der Waals surface area contributed by atoms with Crippen LogP contribution in [0.3, 0.4) is 0 Å². The molecule has 0 saturated heterocycles. The quantitative estimate of drug-likeness (QED) is 0.636. The summed E-state index contributed by atoms with van der Waals surface area (Å²) in [7, 11) is 1.79. The first-order chi connectivity index (χ1) is 5.90. The number of para-hydroxylation sites is 1. The zero-order chi connectivity index (χ0) is 8.39. The van der Waals surface area contributed by atoms with Crippen molar-refractivity contribution in [2.24, 2.45) is 5.10 Å². The van der Waals surface area contributed by atoms with Crippen LogP contribution in [0, 0.1) is 0 Å². The number of aromatic nitrogens is 1. The molecule has 0 amide bonds. The summed E-state index contributed by atoms with van der Waals surface area (Å²) in [6, 6.07) is 8.15. The van der Waals surface area contributed by atoms with Crippen molar-refractivity contribution in [2.45, 2.75) is 0 Å². The lowest BCUT2D eigenvalue weighted by Gasteiger charge is -1.82. The summed E-state index contributed by atoms with van der Waals surface area (Å²) in [4.78, 5) is 4.09. The van der Waals surface area contributed by atoms with Crippen LogP contribution in [-0.4, -0.2) is 12.0 Å². The highest BCUT2D eigenvalue weighted by Gasteiger charge is 1.93. The molecule has 0 aliphatic carbocycles. The van der Waals surface area contributed by atoms with E-state index >= 15 is 0 Å². The fourth-order valence-electron chi connectivity index (χ4n) is 1.06. The molecule has 12 heavy (non-hydrogen) atoms. The third-order valence-corrected chi connectivity index (χ3v) is 2.51. The number of hydrogen-bond donors (Lipinski definition) is 2. The van der Waals surface area contributed by atoms with E-state index in [9.17, 15) is 0 Å². The van der Waals surface area contributed by atoms with Crippen LogP contribution in [0.2, 0.25) is 0 Å². The number of hydrogen-bond acceptors (Lipinski definition) is 3. The molecule has 0 aliphatic rings. The van der Waals surface area contributed by atoms with Gasteiger partial charge in [0.1, 0.15) is 0 Å². The Hall–Kier alpha value is -1.29. The van der Waals surface area contributed by atoms with Gasteiger partial charge in [-0.05, 0) is 12.1 Å². The molecule has 2 N–H and O–H groups in total. The largest absolute Gasteiger partial charge is 0.329 e. The van der Waals surface area contributed by atoms with Crippen molar-refractivity contribution in [1.82, 2.24) is 10.4 Å². The Labute approximate surface area is 73.8 Å². The van der Waals surface area contributed by atoms with Gasteiger partial charge in [-0.15, -0.1) is 0 Å². The SMILES string of the molecule is CNN=c1[nH]c2ccccc2s1. The van der Waals surface area contributed by atoms with E-state index in [1.165, 1.54) is 4.70 Å². The van der Waals surface area contributed by atoms with E-state index in [1.54, 1.807) is 18.4 Å². The van der Waals surface area contributed by atoms with Crippen LogP contribution in [0.5, 0.6) is 0 Å². The summed E-state index contributed by atoms with van der Waals surface area (Å²) < 4.78 is 1.23. The number of aromatic amines is 1. The topological polar surface area (TPSA) is 40.2 Å².